The zero-order valence-corrected chi connectivity index (χ0v) is 68.0. The molecule has 0 aliphatic heterocycles. The van der Waals surface area contributed by atoms with Gasteiger partial charge >= 0.3 is 18.5 Å². The first-order valence-corrected chi connectivity index (χ1v) is 36.1. The van der Waals surface area contributed by atoms with Gasteiger partial charge in [0.05, 0.1) is 35.4 Å². The number of hydrogen-bond acceptors (Lipinski definition) is 3. The fraction of sp³-hybridized carbons (Fsp3) is 0.390. The largest absolute Gasteiger partial charge is 0.496 e. The minimum atomic E-state index is -4.48. The lowest BCUT2D eigenvalue weighted by atomic mass is 9.97. The standard InChI is InChI=1S/C11H14ClNO.C11H16O.C10H10BrF3.C10H13Br.C10H10ClF3.C10H10ClN.C10H13Cl.C10H10F4/c1-7(2)10-5-4-9(6-11(10)12)13-8(3)14;1-8(2)10-6-5-9(3)7-11(10)12-4;1-6(2)8-4-3-7(11)5-9(8)10(12,13)14;1-7(2)10-5-4-9(11)6-8(10)3;1-6(2)8-5-7(10(12,13)14)3-4-9(8)11;1-7(2)9-5-8(6-12)3-4-10(9)11;1-7(2)9-5-4-8(3)6-10(9)11;1-6(2)8-4-3-7(11)5-9(8)10(12,13)14/h4-7H,1-3H3,(H,13,14);5-8H,1-4H3;3-6H,1-2H3;4-7H,1-3H3;3-6H,1-2H3;3-5,7H,1-2H3;4-7H,1-3H3;3-6H,1-2H3. The molecule has 0 unspecified atom stereocenters. The summed E-state index contributed by atoms with van der Waals surface area (Å²) in [7, 11) is 1.72. The van der Waals surface area contributed by atoms with Crippen LogP contribution in [0, 0.1) is 37.9 Å². The van der Waals surface area contributed by atoms with Crippen LogP contribution in [0.1, 0.15) is 248 Å². The third-order valence-electron chi connectivity index (χ3n) is 15.2. The van der Waals surface area contributed by atoms with Gasteiger partial charge in [0.15, 0.2) is 0 Å². The van der Waals surface area contributed by atoms with Crippen molar-refractivity contribution < 1.29 is 53.4 Å². The maximum absolute atomic E-state index is 12.6. The third-order valence-corrected chi connectivity index (χ3v) is 17.5. The number of anilines is 1. The van der Waals surface area contributed by atoms with Gasteiger partial charge in [-0.3, -0.25) is 4.79 Å². The highest BCUT2D eigenvalue weighted by Crippen LogP contribution is 2.39. The number of nitrogens with one attached hydrogen (secondary N) is 1. The van der Waals surface area contributed by atoms with Crippen molar-refractivity contribution in [3.63, 3.8) is 0 Å². The Balaban J connectivity index is 0.000000584. The molecule has 0 aliphatic rings. The number of benzene rings is 8. The van der Waals surface area contributed by atoms with Crippen molar-refractivity contribution in [2.75, 3.05) is 12.4 Å². The second-order valence-corrected chi connectivity index (χ2v) is 29.9. The van der Waals surface area contributed by atoms with Crippen molar-refractivity contribution in [1.82, 2.24) is 0 Å². The van der Waals surface area contributed by atoms with Gasteiger partial charge in [0.2, 0.25) is 5.91 Å². The number of amides is 1. The summed E-state index contributed by atoms with van der Waals surface area (Å²) in [6.45, 7) is 39.5. The molecule has 0 heterocycles. The quantitative estimate of drug-likeness (QED) is 0.139. The van der Waals surface area contributed by atoms with Crippen LogP contribution in [0.3, 0.4) is 0 Å². The number of alkyl halides is 9. The van der Waals surface area contributed by atoms with Crippen LogP contribution in [0.25, 0.3) is 0 Å². The molecule has 0 saturated heterocycles. The van der Waals surface area contributed by atoms with E-state index in [1.54, 1.807) is 72.9 Å². The van der Waals surface area contributed by atoms with Gasteiger partial charge in [-0.2, -0.15) is 44.8 Å². The molecule has 0 spiro atoms. The normalized spacial score (nSPS) is 11.1. The fourth-order valence-corrected chi connectivity index (χ4v) is 12.1. The van der Waals surface area contributed by atoms with Crippen LogP contribution in [-0.2, 0) is 23.3 Å². The van der Waals surface area contributed by atoms with E-state index < -0.39 is 41.0 Å². The van der Waals surface area contributed by atoms with Gasteiger partial charge in [-0.25, -0.2) is 4.39 Å². The number of hydrogen-bond donors (Lipinski definition) is 1. The van der Waals surface area contributed by atoms with Crippen LogP contribution in [-0.4, -0.2) is 13.0 Å². The molecule has 1 N–H and O–H groups in total. The topological polar surface area (TPSA) is 62.1 Å². The Morgan fingerprint density at radius 3 is 1.21 bits per heavy atom. The van der Waals surface area contributed by atoms with Crippen molar-refractivity contribution in [1.29, 1.82) is 5.26 Å². The van der Waals surface area contributed by atoms with Crippen molar-refractivity contribution in [2.45, 2.75) is 204 Å². The van der Waals surface area contributed by atoms with E-state index in [0.717, 1.165) is 56.9 Å². The summed E-state index contributed by atoms with van der Waals surface area (Å²) in [5.74, 6) is 2.09. The highest BCUT2D eigenvalue weighted by Gasteiger charge is 2.35. The van der Waals surface area contributed by atoms with Crippen LogP contribution >= 0.6 is 78.3 Å². The minimum Gasteiger partial charge on any atom is -0.496 e. The SMILES string of the molecule is CC(=O)Nc1ccc(C(C)C)c(Cl)c1.CC(C)c1cc(C#N)ccc1Cl.CC(C)c1cc(C(F)(F)F)ccc1Cl.CC(C)c1ccc(Br)cc1C(F)(F)F.CC(C)c1ccc(F)cc1C(F)(F)F.COc1cc(C)ccc1C(C)C.Cc1cc(Br)ccc1C(C)C.Cc1ccc(C(C)C)c(Cl)c1. The zero-order chi connectivity index (χ0) is 78.6. The van der Waals surface area contributed by atoms with Gasteiger partial charge in [0, 0.05) is 41.6 Å². The number of rotatable bonds is 10. The second kappa shape index (κ2) is 44.0. The highest BCUT2D eigenvalue weighted by molar-refractivity contribution is 9.10. The second-order valence-electron chi connectivity index (χ2n) is 26.5. The van der Waals surface area contributed by atoms with Gasteiger partial charge in [-0.15, -0.1) is 0 Å². The maximum Gasteiger partial charge on any atom is 0.416 e. The average molecular weight is 1630 g/mol. The molecule has 0 fully saturated rings. The molecular weight excluding hydrogens is 1540 g/mol. The van der Waals surface area contributed by atoms with Crippen molar-refractivity contribution in [2.24, 2.45) is 0 Å². The molecule has 8 aromatic carbocycles. The van der Waals surface area contributed by atoms with E-state index in [1.165, 1.54) is 63.0 Å². The Morgan fingerprint density at radius 2 is 0.804 bits per heavy atom. The number of carbonyl (C=O) groups is 1. The third kappa shape index (κ3) is 33.4. The molecule has 20 heteroatoms. The maximum atomic E-state index is 12.6. The molecule has 4 nitrogen and oxygen atoms in total. The number of aryl methyl sites for hydroxylation is 3. The van der Waals surface area contributed by atoms with E-state index in [2.05, 4.69) is 182 Å². The van der Waals surface area contributed by atoms with E-state index in [4.69, 9.17) is 56.4 Å². The van der Waals surface area contributed by atoms with Crippen LogP contribution < -0.4 is 10.1 Å². The van der Waals surface area contributed by atoms with Gasteiger partial charge < -0.3 is 10.1 Å². The Bertz CT molecular complexity index is 3850. The number of methoxy groups -OCH3 is 1. The van der Waals surface area contributed by atoms with Crippen LogP contribution in [0.15, 0.2) is 155 Å². The van der Waals surface area contributed by atoms with Gasteiger partial charge in [-0.1, -0.05) is 238 Å². The van der Waals surface area contributed by atoms with Crippen molar-refractivity contribution >= 4 is 89.9 Å². The molecule has 1 amide bonds. The number of nitriles is 1. The van der Waals surface area contributed by atoms with E-state index in [-0.39, 0.29) is 29.2 Å². The Hall–Kier alpha value is -6.06. The number of halogens is 16. The molecule has 558 valence electrons. The average Bonchev–Trinajstić information content (AvgIpc) is 0.822. The highest BCUT2D eigenvalue weighted by atomic mass is 79.9. The lowest BCUT2D eigenvalue weighted by molar-refractivity contribution is -0.139. The smallest absolute Gasteiger partial charge is 0.416 e. The summed E-state index contributed by atoms with van der Waals surface area (Å²) < 4.78 is 131. The molecular formula is C82H96Br2Cl4F10N2O2. The summed E-state index contributed by atoms with van der Waals surface area (Å²) in [6, 6.07) is 42.4. The summed E-state index contributed by atoms with van der Waals surface area (Å²) in [4.78, 5) is 10.8. The monoisotopic (exact) mass is 1630 g/mol. The number of carbonyl (C=O) groups excluding carboxylic acids is 1. The lowest BCUT2D eigenvalue weighted by Crippen LogP contribution is -2.10. The molecule has 0 bridgehead atoms. The van der Waals surface area contributed by atoms with Crippen molar-refractivity contribution in [3.8, 4) is 11.8 Å². The van der Waals surface area contributed by atoms with Crippen LogP contribution in [0.2, 0.25) is 20.1 Å². The van der Waals surface area contributed by atoms with Gasteiger partial charge in [-0.05, 0) is 226 Å². The molecule has 8 aromatic rings. The first-order valence-electron chi connectivity index (χ1n) is 33.0. The van der Waals surface area contributed by atoms with Gasteiger partial charge in [0.1, 0.15) is 11.6 Å². The summed E-state index contributed by atoms with van der Waals surface area (Å²) in [5.41, 5.74) is 10.2. The Labute approximate surface area is 636 Å². The lowest BCUT2D eigenvalue weighted by Gasteiger charge is -2.15. The molecule has 0 saturated carbocycles. The molecule has 0 aromatic heterocycles. The fourth-order valence-electron chi connectivity index (χ4n) is 9.73. The Morgan fingerprint density at radius 1 is 0.422 bits per heavy atom. The summed E-state index contributed by atoms with van der Waals surface area (Å²) >= 11 is 30.3. The first-order chi connectivity index (χ1) is 47.0. The van der Waals surface area contributed by atoms with E-state index >= 15 is 0 Å². The summed E-state index contributed by atoms with van der Waals surface area (Å²) in [5, 5.41) is 14.0. The number of ether oxygens (including phenoxy) is 1. The van der Waals surface area contributed by atoms with Gasteiger partial charge in [0.25, 0.3) is 0 Å². The molecule has 102 heavy (non-hydrogen) atoms. The van der Waals surface area contributed by atoms with E-state index in [9.17, 15) is 48.7 Å². The van der Waals surface area contributed by atoms with Crippen molar-refractivity contribution in [3.05, 3.63) is 264 Å². The number of nitrogens with zero attached hydrogens (tertiary/aromatic N) is 1. The van der Waals surface area contributed by atoms with Crippen LogP contribution in [0.5, 0.6) is 5.75 Å². The first kappa shape index (κ1) is 94.0. The van der Waals surface area contributed by atoms with E-state index in [1.807, 2.05) is 24.3 Å². The molecule has 0 atom stereocenters. The van der Waals surface area contributed by atoms with Crippen LogP contribution in [0.4, 0.5) is 49.6 Å². The van der Waals surface area contributed by atoms with E-state index in [0.29, 0.717) is 66.9 Å². The summed E-state index contributed by atoms with van der Waals surface area (Å²) in [6.07, 6.45) is -13.1. The predicted molar refractivity (Wildman–Crippen MR) is 414 cm³/mol. The molecule has 0 radical (unpaired) electrons. The Kier molecular flexibility index (Phi) is 40.6. The zero-order valence-electron chi connectivity index (χ0n) is 61.8. The molecule has 0 aliphatic carbocycles. The minimum absolute atomic E-state index is 0.00944. The predicted octanol–water partition coefficient (Wildman–Crippen LogP) is 30.6. The molecule has 8 rings (SSSR count).